The van der Waals surface area contributed by atoms with Crippen molar-refractivity contribution in [3.8, 4) is 5.75 Å². The third kappa shape index (κ3) is 4.24. The monoisotopic (exact) mass is 284 g/mol. The van der Waals surface area contributed by atoms with Crippen LogP contribution in [0.15, 0.2) is 42.5 Å². The third-order valence-electron chi connectivity index (χ3n) is 3.19. The number of carbonyl (C=O) groups is 1. The Kier molecular flexibility index (Phi) is 4.82. The Morgan fingerprint density at radius 3 is 2.71 bits per heavy atom. The van der Waals surface area contributed by atoms with Crippen molar-refractivity contribution >= 4 is 17.3 Å². The smallest absolute Gasteiger partial charge is 0.243 e. The molecule has 0 spiro atoms. The van der Waals surface area contributed by atoms with Crippen molar-refractivity contribution in [2.45, 2.75) is 13.8 Å². The third-order valence-corrected chi connectivity index (χ3v) is 3.19. The lowest BCUT2D eigenvalue weighted by molar-refractivity contribution is -0.114. The first-order valence-corrected chi connectivity index (χ1v) is 6.83. The van der Waals surface area contributed by atoms with Crippen molar-refractivity contribution in [2.75, 3.05) is 24.3 Å². The minimum Gasteiger partial charge on any atom is -0.497 e. The van der Waals surface area contributed by atoms with Crippen molar-refractivity contribution in [1.29, 1.82) is 0 Å². The number of aryl methyl sites for hydroxylation is 2. The molecule has 0 aliphatic rings. The maximum atomic E-state index is 12.0. The molecule has 0 heterocycles. The fraction of sp³-hybridized carbons (Fsp3) is 0.235. The molecule has 0 aliphatic carbocycles. The van der Waals surface area contributed by atoms with Crippen LogP contribution in [0.25, 0.3) is 0 Å². The first kappa shape index (κ1) is 14.9. The number of hydrogen-bond acceptors (Lipinski definition) is 3. The van der Waals surface area contributed by atoms with Crippen molar-refractivity contribution in [1.82, 2.24) is 0 Å². The van der Waals surface area contributed by atoms with Gasteiger partial charge in [-0.2, -0.15) is 0 Å². The number of amides is 1. The van der Waals surface area contributed by atoms with E-state index in [1.54, 1.807) is 7.11 Å². The van der Waals surface area contributed by atoms with Gasteiger partial charge in [0.15, 0.2) is 0 Å². The lowest BCUT2D eigenvalue weighted by Gasteiger charge is -2.11. The molecule has 0 radical (unpaired) electrons. The van der Waals surface area contributed by atoms with Crippen LogP contribution in [-0.2, 0) is 4.79 Å². The zero-order valence-corrected chi connectivity index (χ0v) is 12.6. The average Bonchev–Trinajstić information content (AvgIpc) is 2.49. The van der Waals surface area contributed by atoms with Crippen LogP contribution >= 0.6 is 0 Å². The Bertz CT molecular complexity index is 638. The summed E-state index contributed by atoms with van der Waals surface area (Å²) in [6.45, 7) is 4.19. The standard InChI is InChI=1S/C17H20N2O2/c1-12-7-8-13(2)16(9-12)19-17(20)11-18-14-5-4-6-15(10-14)21-3/h4-10,18H,11H2,1-3H3,(H,19,20). The minimum absolute atomic E-state index is 0.0773. The van der Waals surface area contributed by atoms with Crippen LogP contribution in [0.2, 0.25) is 0 Å². The van der Waals surface area contributed by atoms with Crippen LogP contribution in [0.3, 0.4) is 0 Å². The molecule has 0 saturated carbocycles. The Morgan fingerprint density at radius 1 is 1.14 bits per heavy atom. The largest absolute Gasteiger partial charge is 0.497 e. The van der Waals surface area contributed by atoms with Crippen LogP contribution in [0.1, 0.15) is 11.1 Å². The summed E-state index contributed by atoms with van der Waals surface area (Å²) in [7, 11) is 1.62. The Balaban J connectivity index is 1.94. The molecular formula is C17H20N2O2. The summed E-state index contributed by atoms with van der Waals surface area (Å²) in [6, 6.07) is 13.5. The summed E-state index contributed by atoms with van der Waals surface area (Å²) >= 11 is 0. The first-order valence-electron chi connectivity index (χ1n) is 6.83. The van der Waals surface area contributed by atoms with E-state index in [0.717, 1.165) is 28.3 Å². The van der Waals surface area contributed by atoms with Crippen molar-refractivity contribution < 1.29 is 9.53 Å². The quantitative estimate of drug-likeness (QED) is 0.885. The Hall–Kier alpha value is -2.49. The molecule has 2 aromatic rings. The summed E-state index contributed by atoms with van der Waals surface area (Å²) in [5.74, 6) is 0.682. The molecule has 0 atom stereocenters. The molecule has 2 aromatic carbocycles. The molecule has 0 bridgehead atoms. The van der Waals surface area contributed by atoms with Gasteiger partial charge in [0.05, 0.1) is 13.7 Å². The molecule has 4 nitrogen and oxygen atoms in total. The second-order valence-electron chi connectivity index (χ2n) is 4.95. The predicted molar refractivity (Wildman–Crippen MR) is 86.0 cm³/mol. The van der Waals surface area contributed by atoms with E-state index < -0.39 is 0 Å². The van der Waals surface area contributed by atoms with Crippen molar-refractivity contribution in [3.63, 3.8) is 0 Å². The maximum absolute atomic E-state index is 12.0. The summed E-state index contributed by atoms with van der Waals surface area (Å²) in [4.78, 5) is 12.0. The lowest BCUT2D eigenvalue weighted by atomic mass is 10.1. The van der Waals surface area contributed by atoms with Crippen LogP contribution in [0, 0.1) is 13.8 Å². The lowest BCUT2D eigenvalue weighted by Crippen LogP contribution is -2.22. The van der Waals surface area contributed by atoms with Gasteiger partial charge >= 0.3 is 0 Å². The molecule has 0 aromatic heterocycles. The first-order chi connectivity index (χ1) is 10.1. The fourth-order valence-electron chi connectivity index (χ4n) is 1.98. The van der Waals surface area contributed by atoms with Crippen LogP contribution < -0.4 is 15.4 Å². The number of hydrogen-bond donors (Lipinski definition) is 2. The van der Waals surface area contributed by atoms with E-state index in [9.17, 15) is 4.79 Å². The van der Waals surface area contributed by atoms with Crippen LogP contribution in [0.5, 0.6) is 5.75 Å². The highest BCUT2D eigenvalue weighted by atomic mass is 16.5. The van der Waals surface area contributed by atoms with Gasteiger partial charge in [-0.3, -0.25) is 4.79 Å². The minimum atomic E-state index is -0.0773. The Labute approximate surface area is 125 Å². The number of benzene rings is 2. The van der Waals surface area contributed by atoms with E-state index in [2.05, 4.69) is 10.6 Å². The van der Waals surface area contributed by atoms with Crippen molar-refractivity contribution in [2.24, 2.45) is 0 Å². The van der Waals surface area contributed by atoms with Gasteiger partial charge in [0.1, 0.15) is 5.75 Å². The number of carbonyl (C=O) groups excluding carboxylic acids is 1. The second-order valence-corrected chi connectivity index (χ2v) is 4.95. The topological polar surface area (TPSA) is 50.4 Å². The molecule has 21 heavy (non-hydrogen) atoms. The van der Waals surface area contributed by atoms with Crippen molar-refractivity contribution in [3.05, 3.63) is 53.6 Å². The van der Waals surface area contributed by atoms with Gasteiger partial charge in [0, 0.05) is 17.4 Å². The van der Waals surface area contributed by atoms with E-state index in [1.807, 2.05) is 56.3 Å². The van der Waals surface area contributed by atoms with Gasteiger partial charge in [0.2, 0.25) is 5.91 Å². The molecule has 2 rings (SSSR count). The normalized spacial score (nSPS) is 10.0. The zero-order valence-electron chi connectivity index (χ0n) is 12.6. The number of anilines is 2. The summed E-state index contributed by atoms with van der Waals surface area (Å²) in [6.07, 6.45) is 0. The zero-order chi connectivity index (χ0) is 15.2. The van der Waals surface area contributed by atoms with E-state index >= 15 is 0 Å². The number of methoxy groups -OCH3 is 1. The number of nitrogens with one attached hydrogen (secondary N) is 2. The van der Waals surface area contributed by atoms with E-state index in [4.69, 9.17) is 4.74 Å². The molecule has 0 aliphatic heterocycles. The van der Waals surface area contributed by atoms with Gasteiger partial charge in [-0.15, -0.1) is 0 Å². The van der Waals surface area contributed by atoms with Gasteiger partial charge in [-0.1, -0.05) is 18.2 Å². The number of ether oxygens (including phenoxy) is 1. The molecule has 0 saturated heterocycles. The van der Waals surface area contributed by atoms with Crippen LogP contribution in [-0.4, -0.2) is 19.6 Å². The van der Waals surface area contributed by atoms with Gasteiger partial charge in [-0.05, 0) is 43.2 Å². The second kappa shape index (κ2) is 6.79. The molecule has 0 fully saturated rings. The van der Waals surface area contributed by atoms with Gasteiger partial charge in [0.25, 0.3) is 0 Å². The highest BCUT2D eigenvalue weighted by Crippen LogP contribution is 2.18. The fourth-order valence-corrected chi connectivity index (χ4v) is 1.98. The molecule has 1 amide bonds. The summed E-state index contributed by atoms with van der Waals surface area (Å²) in [5, 5.41) is 6.00. The van der Waals surface area contributed by atoms with E-state index in [1.165, 1.54) is 0 Å². The summed E-state index contributed by atoms with van der Waals surface area (Å²) < 4.78 is 5.15. The molecule has 4 heteroatoms. The highest BCUT2D eigenvalue weighted by Gasteiger charge is 2.05. The SMILES string of the molecule is COc1cccc(NCC(=O)Nc2cc(C)ccc2C)c1. The predicted octanol–water partition coefficient (Wildman–Crippen LogP) is 3.36. The molecule has 2 N–H and O–H groups in total. The molecule has 110 valence electrons. The Morgan fingerprint density at radius 2 is 1.95 bits per heavy atom. The molecular weight excluding hydrogens is 264 g/mol. The van der Waals surface area contributed by atoms with E-state index in [0.29, 0.717) is 0 Å². The van der Waals surface area contributed by atoms with Gasteiger partial charge < -0.3 is 15.4 Å². The maximum Gasteiger partial charge on any atom is 0.243 e. The summed E-state index contributed by atoms with van der Waals surface area (Å²) in [5.41, 5.74) is 3.88. The van der Waals surface area contributed by atoms with Crippen LogP contribution in [0.4, 0.5) is 11.4 Å². The number of rotatable bonds is 5. The molecule has 0 unspecified atom stereocenters. The highest BCUT2D eigenvalue weighted by molar-refractivity contribution is 5.94. The van der Waals surface area contributed by atoms with Gasteiger partial charge in [-0.25, -0.2) is 0 Å². The average molecular weight is 284 g/mol. The van der Waals surface area contributed by atoms with E-state index in [-0.39, 0.29) is 12.5 Å².